The summed E-state index contributed by atoms with van der Waals surface area (Å²) in [5.41, 5.74) is -0.203. The van der Waals surface area contributed by atoms with E-state index in [9.17, 15) is 29.3 Å². The Hall–Kier alpha value is -4.34. The number of non-ortho nitro benzene ring substituents is 1. The van der Waals surface area contributed by atoms with Gasteiger partial charge in [-0.1, -0.05) is 18.2 Å². The average molecular weight is 463 g/mol. The van der Waals surface area contributed by atoms with Crippen LogP contribution in [0.5, 0.6) is 5.75 Å². The maximum Gasteiger partial charge on any atom is 0.273 e. The zero-order valence-corrected chi connectivity index (χ0v) is 18.2. The average Bonchev–Trinajstić information content (AvgIpc) is 3.12. The van der Waals surface area contributed by atoms with Gasteiger partial charge in [0.25, 0.3) is 23.4 Å². The number of fused-ring (bicyclic) bond motifs is 1. The quantitative estimate of drug-likeness (QED) is 0.203. The van der Waals surface area contributed by atoms with Crippen LogP contribution >= 0.6 is 0 Å². The fourth-order valence-corrected chi connectivity index (χ4v) is 4.16. The van der Waals surface area contributed by atoms with Gasteiger partial charge in [-0.2, -0.15) is 5.01 Å². The first-order chi connectivity index (χ1) is 16.3. The summed E-state index contributed by atoms with van der Waals surface area (Å²) < 4.78 is 5.09. The van der Waals surface area contributed by atoms with Crippen molar-refractivity contribution in [1.29, 1.82) is 0 Å². The molecule has 1 aliphatic carbocycles. The highest BCUT2D eigenvalue weighted by molar-refractivity contribution is 6.09. The minimum absolute atomic E-state index is 0.120. The monoisotopic (exact) mass is 463 g/mol. The van der Waals surface area contributed by atoms with Crippen LogP contribution in [0.15, 0.2) is 60.7 Å². The van der Waals surface area contributed by atoms with Crippen LogP contribution in [0.3, 0.4) is 0 Å². The minimum Gasteiger partial charge on any atom is -0.497 e. The van der Waals surface area contributed by atoms with E-state index in [1.54, 1.807) is 12.1 Å². The molecule has 0 N–H and O–H groups in total. The van der Waals surface area contributed by atoms with E-state index in [0.717, 1.165) is 16.1 Å². The van der Waals surface area contributed by atoms with Gasteiger partial charge in [0.1, 0.15) is 12.3 Å². The third kappa shape index (κ3) is 4.17. The summed E-state index contributed by atoms with van der Waals surface area (Å²) in [4.78, 5) is 63.3. The molecule has 2 aliphatic rings. The first-order valence-electron chi connectivity index (χ1n) is 10.6. The fourth-order valence-electron chi connectivity index (χ4n) is 4.16. The Morgan fingerprint density at radius 2 is 1.65 bits per heavy atom. The van der Waals surface area contributed by atoms with Gasteiger partial charge in [0, 0.05) is 23.3 Å². The van der Waals surface area contributed by atoms with E-state index in [0.29, 0.717) is 18.6 Å². The Bertz CT molecular complexity index is 1180. The number of ether oxygens (including phenoxy) is 1. The third-order valence-corrected chi connectivity index (χ3v) is 5.97. The molecule has 1 fully saturated rings. The van der Waals surface area contributed by atoms with Gasteiger partial charge in [-0.25, -0.2) is 5.01 Å². The molecule has 2 atom stereocenters. The van der Waals surface area contributed by atoms with Crippen LogP contribution < -0.4 is 4.74 Å². The van der Waals surface area contributed by atoms with E-state index in [-0.39, 0.29) is 16.8 Å². The number of amides is 3. The van der Waals surface area contributed by atoms with Crippen LogP contribution in [0.2, 0.25) is 0 Å². The van der Waals surface area contributed by atoms with Gasteiger partial charge in [0.05, 0.1) is 23.9 Å². The molecule has 1 saturated heterocycles. The van der Waals surface area contributed by atoms with Gasteiger partial charge in [-0.15, -0.1) is 0 Å². The molecular weight excluding hydrogens is 442 g/mol. The van der Waals surface area contributed by atoms with E-state index in [2.05, 4.69) is 0 Å². The van der Waals surface area contributed by atoms with Gasteiger partial charge < -0.3 is 4.74 Å². The molecule has 4 rings (SSSR count). The van der Waals surface area contributed by atoms with E-state index in [1.165, 1.54) is 37.4 Å². The normalized spacial score (nSPS) is 19.0. The molecule has 10 heteroatoms. The van der Waals surface area contributed by atoms with Crippen LogP contribution in [0.1, 0.15) is 33.6 Å². The minimum atomic E-state index is -0.862. The molecular formula is C24H21N3O7. The Balaban J connectivity index is 1.70. The predicted molar refractivity (Wildman–Crippen MR) is 119 cm³/mol. The van der Waals surface area contributed by atoms with Crippen LogP contribution in [-0.2, 0) is 9.59 Å². The van der Waals surface area contributed by atoms with Crippen molar-refractivity contribution in [3.8, 4) is 5.75 Å². The van der Waals surface area contributed by atoms with E-state index in [4.69, 9.17) is 4.74 Å². The van der Waals surface area contributed by atoms with E-state index in [1.807, 2.05) is 12.2 Å². The Morgan fingerprint density at radius 1 is 1.03 bits per heavy atom. The molecule has 34 heavy (non-hydrogen) atoms. The largest absolute Gasteiger partial charge is 0.497 e. The fraction of sp³-hybridized carbons (Fsp3) is 0.250. The van der Waals surface area contributed by atoms with Crippen molar-refractivity contribution in [2.24, 2.45) is 11.8 Å². The summed E-state index contributed by atoms with van der Waals surface area (Å²) in [5.74, 6) is -3.22. The van der Waals surface area contributed by atoms with Gasteiger partial charge in [0.2, 0.25) is 0 Å². The van der Waals surface area contributed by atoms with E-state index < -0.39 is 46.8 Å². The van der Waals surface area contributed by atoms with Crippen molar-refractivity contribution in [3.05, 3.63) is 81.9 Å². The predicted octanol–water partition coefficient (Wildman–Crippen LogP) is 2.79. The van der Waals surface area contributed by atoms with Gasteiger partial charge in [-0.05, 0) is 43.2 Å². The number of allylic oxidation sites excluding steroid dienone is 2. The number of nitro groups is 1. The number of hydrogen-bond acceptors (Lipinski definition) is 7. The van der Waals surface area contributed by atoms with Crippen LogP contribution in [0.4, 0.5) is 5.69 Å². The van der Waals surface area contributed by atoms with Crippen molar-refractivity contribution in [1.82, 2.24) is 10.0 Å². The van der Waals surface area contributed by atoms with Crippen molar-refractivity contribution < 1.29 is 28.8 Å². The molecule has 10 nitrogen and oxygen atoms in total. The van der Waals surface area contributed by atoms with Crippen LogP contribution in [0, 0.1) is 22.0 Å². The SMILES string of the molecule is COc1ccc(C(=O)CN(C(=O)c2cccc([N+](=O)[O-])c2)N2C(=O)[C@@H]3CC=CC[C@H]3C2=O)cc1. The summed E-state index contributed by atoms with van der Waals surface area (Å²) in [6.45, 7) is -0.599. The highest BCUT2D eigenvalue weighted by atomic mass is 16.6. The summed E-state index contributed by atoms with van der Waals surface area (Å²) in [5, 5.41) is 12.7. The zero-order valence-electron chi connectivity index (χ0n) is 18.2. The molecule has 3 amide bonds. The number of carbonyl (C=O) groups is 4. The Kier molecular flexibility index (Phi) is 6.22. The number of benzene rings is 2. The number of hydrazine groups is 1. The highest BCUT2D eigenvalue weighted by Crippen LogP contribution is 2.36. The molecule has 1 aliphatic heterocycles. The molecule has 0 saturated carbocycles. The molecule has 0 radical (unpaired) electrons. The Morgan fingerprint density at radius 3 is 2.21 bits per heavy atom. The zero-order chi connectivity index (χ0) is 24.4. The molecule has 0 aromatic heterocycles. The molecule has 0 unspecified atom stereocenters. The molecule has 174 valence electrons. The molecule has 2 aromatic carbocycles. The number of rotatable bonds is 7. The summed E-state index contributed by atoms with van der Waals surface area (Å²) in [7, 11) is 1.48. The van der Waals surface area contributed by atoms with Crippen molar-refractivity contribution >= 4 is 29.2 Å². The smallest absolute Gasteiger partial charge is 0.273 e. The number of imide groups is 1. The first-order valence-corrected chi connectivity index (χ1v) is 10.6. The standard InChI is InChI=1S/C24H21N3O7/c1-34-18-11-9-15(10-12-18)21(28)14-25(22(29)16-5-4-6-17(13-16)27(32)33)26-23(30)19-7-2-3-8-20(19)24(26)31/h2-6,9-13,19-20H,7-8,14H2,1H3/t19-,20-/m1/s1. The number of ketones is 1. The molecule has 2 aromatic rings. The second-order valence-electron chi connectivity index (χ2n) is 7.97. The molecule has 1 heterocycles. The number of nitrogens with zero attached hydrogens (tertiary/aromatic N) is 3. The number of Topliss-reactive ketones (excluding diaryl/α,β-unsaturated/α-hetero) is 1. The summed E-state index contributed by atoms with van der Waals surface area (Å²) >= 11 is 0. The summed E-state index contributed by atoms with van der Waals surface area (Å²) in [6, 6.07) is 11.1. The van der Waals surface area contributed by atoms with Crippen LogP contribution in [0.25, 0.3) is 0 Å². The molecule has 0 spiro atoms. The second-order valence-corrected chi connectivity index (χ2v) is 7.97. The van der Waals surface area contributed by atoms with Crippen molar-refractivity contribution in [2.45, 2.75) is 12.8 Å². The van der Waals surface area contributed by atoms with Gasteiger partial charge >= 0.3 is 0 Å². The maximum atomic E-state index is 13.4. The third-order valence-electron chi connectivity index (χ3n) is 5.97. The highest BCUT2D eigenvalue weighted by Gasteiger charge is 2.51. The van der Waals surface area contributed by atoms with E-state index >= 15 is 0 Å². The number of methoxy groups -OCH3 is 1. The summed E-state index contributed by atoms with van der Waals surface area (Å²) in [6.07, 6.45) is 4.34. The molecule has 0 bridgehead atoms. The topological polar surface area (TPSA) is 127 Å². The van der Waals surface area contributed by atoms with Gasteiger partial charge in [-0.3, -0.25) is 29.3 Å². The van der Waals surface area contributed by atoms with Gasteiger partial charge in [0.15, 0.2) is 5.78 Å². The lowest BCUT2D eigenvalue weighted by Crippen LogP contribution is -2.52. The Labute approximate surface area is 194 Å². The lowest BCUT2D eigenvalue weighted by Gasteiger charge is -2.30. The number of hydrogen-bond donors (Lipinski definition) is 0. The lowest BCUT2D eigenvalue weighted by molar-refractivity contribution is -0.384. The number of carbonyl (C=O) groups excluding carboxylic acids is 4. The lowest BCUT2D eigenvalue weighted by atomic mass is 9.85. The maximum absolute atomic E-state index is 13.4. The number of nitro benzene ring substituents is 1. The first kappa shape index (κ1) is 22.8. The van der Waals surface area contributed by atoms with Crippen LogP contribution in [-0.4, -0.2) is 52.1 Å². The second kappa shape index (κ2) is 9.26. The van der Waals surface area contributed by atoms with Crippen molar-refractivity contribution in [2.75, 3.05) is 13.7 Å². The van der Waals surface area contributed by atoms with Crippen molar-refractivity contribution in [3.63, 3.8) is 0 Å².